The summed E-state index contributed by atoms with van der Waals surface area (Å²) in [6.07, 6.45) is 7.17. The minimum Gasteiger partial charge on any atom is -0.313 e. The third-order valence-electron chi connectivity index (χ3n) is 3.88. The minimum absolute atomic E-state index is 0.403. The van der Waals surface area contributed by atoms with E-state index in [0.29, 0.717) is 11.3 Å². The van der Waals surface area contributed by atoms with Crippen LogP contribution in [0.15, 0.2) is 0 Å². The van der Waals surface area contributed by atoms with Gasteiger partial charge in [-0.3, -0.25) is 4.21 Å². The highest BCUT2D eigenvalue weighted by Gasteiger charge is 2.32. The standard InChI is InChI=1S/C14H29NOS/c1-4-9-15-13-8-7-12(6-3)11-14(13)17(16)10-5-2/h12-15H,4-11H2,1-3H3. The van der Waals surface area contributed by atoms with Gasteiger partial charge >= 0.3 is 0 Å². The van der Waals surface area contributed by atoms with E-state index in [2.05, 4.69) is 26.1 Å². The van der Waals surface area contributed by atoms with Gasteiger partial charge in [0.2, 0.25) is 0 Å². The molecule has 1 rings (SSSR count). The van der Waals surface area contributed by atoms with Gasteiger partial charge in [0.25, 0.3) is 0 Å². The average molecular weight is 259 g/mol. The first-order valence-electron chi connectivity index (χ1n) is 7.33. The van der Waals surface area contributed by atoms with Crippen molar-refractivity contribution in [2.45, 2.75) is 70.6 Å². The van der Waals surface area contributed by atoms with Crippen LogP contribution in [0.4, 0.5) is 0 Å². The van der Waals surface area contributed by atoms with Crippen LogP contribution in [0.3, 0.4) is 0 Å². The molecule has 3 heteroatoms. The molecular formula is C14H29NOS. The van der Waals surface area contributed by atoms with Gasteiger partial charge in [-0.05, 0) is 44.6 Å². The predicted molar refractivity (Wildman–Crippen MR) is 76.8 cm³/mol. The molecule has 0 bridgehead atoms. The maximum Gasteiger partial charge on any atom is 0.0503 e. The van der Waals surface area contributed by atoms with Gasteiger partial charge in [0, 0.05) is 22.6 Å². The molecule has 4 atom stereocenters. The Kier molecular flexibility index (Phi) is 7.36. The molecule has 0 heterocycles. The van der Waals surface area contributed by atoms with Crippen LogP contribution in [-0.4, -0.2) is 27.8 Å². The van der Waals surface area contributed by atoms with Crippen molar-refractivity contribution < 1.29 is 4.21 Å². The molecule has 4 unspecified atom stereocenters. The Balaban J connectivity index is 2.57. The summed E-state index contributed by atoms with van der Waals surface area (Å²) < 4.78 is 12.3. The van der Waals surface area contributed by atoms with Gasteiger partial charge in [0.1, 0.15) is 0 Å². The Morgan fingerprint density at radius 1 is 1.18 bits per heavy atom. The molecule has 0 aliphatic heterocycles. The second kappa shape index (κ2) is 8.25. The van der Waals surface area contributed by atoms with E-state index in [1.54, 1.807) is 0 Å². The first kappa shape index (κ1) is 15.2. The Morgan fingerprint density at radius 2 is 1.94 bits per heavy atom. The van der Waals surface area contributed by atoms with Crippen molar-refractivity contribution >= 4 is 10.8 Å². The molecule has 0 aromatic heterocycles. The van der Waals surface area contributed by atoms with Crippen LogP contribution in [0.2, 0.25) is 0 Å². The van der Waals surface area contributed by atoms with Crippen molar-refractivity contribution in [2.24, 2.45) is 5.92 Å². The lowest BCUT2D eigenvalue weighted by molar-refractivity contribution is 0.292. The fraction of sp³-hybridized carbons (Fsp3) is 1.00. The molecule has 0 aromatic rings. The second-order valence-electron chi connectivity index (χ2n) is 5.27. The quantitative estimate of drug-likeness (QED) is 0.761. The zero-order valence-electron chi connectivity index (χ0n) is 11.7. The van der Waals surface area contributed by atoms with Gasteiger partial charge in [0.15, 0.2) is 0 Å². The molecule has 0 radical (unpaired) electrons. The van der Waals surface area contributed by atoms with Gasteiger partial charge in [-0.25, -0.2) is 0 Å². The monoisotopic (exact) mass is 259 g/mol. The van der Waals surface area contributed by atoms with Crippen molar-refractivity contribution in [2.75, 3.05) is 12.3 Å². The fourth-order valence-electron chi connectivity index (χ4n) is 2.79. The molecule has 0 aromatic carbocycles. The summed E-state index contributed by atoms with van der Waals surface area (Å²) in [4.78, 5) is 0. The number of nitrogens with one attached hydrogen (secondary N) is 1. The van der Waals surface area contributed by atoms with Crippen molar-refractivity contribution in [3.05, 3.63) is 0 Å². The van der Waals surface area contributed by atoms with E-state index in [1.165, 1.54) is 32.1 Å². The van der Waals surface area contributed by atoms with Crippen LogP contribution < -0.4 is 5.32 Å². The van der Waals surface area contributed by atoms with Gasteiger partial charge in [-0.2, -0.15) is 0 Å². The lowest BCUT2D eigenvalue weighted by Gasteiger charge is -2.36. The lowest BCUT2D eigenvalue weighted by atomic mass is 9.84. The SMILES string of the molecule is CCCNC1CCC(CC)CC1S(=O)CCC. The van der Waals surface area contributed by atoms with Crippen molar-refractivity contribution in [3.8, 4) is 0 Å². The molecule has 1 aliphatic rings. The van der Waals surface area contributed by atoms with Gasteiger partial charge in [0.05, 0.1) is 5.25 Å². The van der Waals surface area contributed by atoms with Crippen LogP contribution in [0.1, 0.15) is 59.3 Å². The van der Waals surface area contributed by atoms with E-state index >= 15 is 0 Å². The molecule has 102 valence electrons. The fourth-order valence-corrected chi connectivity index (χ4v) is 4.58. The van der Waals surface area contributed by atoms with Gasteiger partial charge < -0.3 is 5.32 Å². The summed E-state index contributed by atoms with van der Waals surface area (Å²) in [7, 11) is -0.625. The summed E-state index contributed by atoms with van der Waals surface area (Å²) in [5.74, 6) is 1.69. The molecule has 1 N–H and O–H groups in total. The van der Waals surface area contributed by atoms with Crippen LogP contribution in [0.25, 0.3) is 0 Å². The highest BCUT2D eigenvalue weighted by atomic mass is 32.2. The maximum absolute atomic E-state index is 12.3. The number of hydrogen-bond donors (Lipinski definition) is 1. The first-order valence-corrected chi connectivity index (χ1v) is 8.71. The molecule has 1 fully saturated rings. The largest absolute Gasteiger partial charge is 0.313 e. The van der Waals surface area contributed by atoms with Crippen molar-refractivity contribution in [1.29, 1.82) is 0 Å². The molecule has 0 amide bonds. The van der Waals surface area contributed by atoms with Crippen molar-refractivity contribution in [1.82, 2.24) is 5.32 Å². The van der Waals surface area contributed by atoms with Crippen LogP contribution in [0.5, 0.6) is 0 Å². The van der Waals surface area contributed by atoms with Crippen LogP contribution >= 0.6 is 0 Å². The summed E-state index contributed by atoms with van der Waals surface area (Å²) >= 11 is 0. The van der Waals surface area contributed by atoms with E-state index in [9.17, 15) is 4.21 Å². The topological polar surface area (TPSA) is 29.1 Å². The van der Waals surface area contributed by atoms with E-state index in [1.807, 2.05) is 0 Å². The Morgan fingerprint density at radius 3 is 2.53 bits per heavy atom. The smallest absolute Gasteiger partial charge is 0.0503 e. The minimum atomic E-state index is -0.625. The third-order valence-corrected chi connectivity index (χ3v) is 5.88. The second-order valence-corrected chi connectivity index (χ2v) is 7.05. The molecule has 1 saturated carbocycles. The predicted octanol–water partition coefficient (Wildman–Crippen LogP) is 3.09. The van der Waals surface area contributed by atoms with E-state index in [4.69, 9.17) is 0 Å². The number of rotatable bonds is 7. The van der Waals surface area contributed by atoms with Crippen LogP contribution in [0, 0.1) is 5.92 Å². The van der Waals surface area contributed by atoms with E-state index in [-0.39, 0.29) is 0 Å². The molecule has 17 heavy (non-hydrogen) atoms. The molecule has 0 saturated heterocycles. The van der Waals surface area contributed by atoms with Crippen molar-refractivity contribution in [3.63, 3.8) is 0 Å². The zero-order chi connectivity index (χ0) is 12.7. The normalized spacial score (nSPS) is 31.4. The molecule has 2 nitrogen and oxygen atoms in total. The summed E-state index contributed by atoms with van der Waals surface area (Å²) in [5, 5.41) is 4.02. The lowest BCUT2D eigenvalue weighted by Crippen LogP contribution is -2.47. The van der Waals surface area contributed by atoms with Gasteiger partial charge in [-0.1, -0.05) is 27.2 Å². The molecule has 1 aliphatic carbocycles. The molecular weight excluding hydrogens is 230 g/mol. The highest BCUT2D eigenvalue weighted by Crippen LogP contribution is 2.30. The summed E-state index contributed by atoms with van der Waals surface area (Å²) in [5.41, 5.74) is 0. The summed E-state index contributed by atoms with van der Waals surface area (Å²) in [6, 6.07) is 0.505. The molecule has 0 spiro atoms. The van der Waals surface area contributed by atoms with E-state index in [0.717, 1.165) is 24.6 Å². The summed E-state index contributed by atoms with van der Waals surface area (Å²) in [6.45, 7) is 7.67. The Bertz CT molecular complexity index is 232. The van der Waals surface area contributed by atoms with E-state index < -0.39 is 10.8 Å². The maximum atomic E-state index is 12.3. The van der Waals surface area contributed by atoms with Crippen LogP contribution in [-0.2, 0) is 10.8 Å². The third kappa shape index (κ3) is 4.70. The Hall–Kier alpha value is 0.110. The zero-order valence-corrected chi connectivity index (χ0v) is 12.5. The first-order chi connectivity index (χ1) is 8.22. The van der Waals surface area contributed by atoms with Gasteiger partial charge in [-0.15, -0.1) is 0 Å². The Labute approximate surface area is 109 Å². The highest BCUT2D eigenvalue weighted by molar-refractivity contribution is 7.85. The average Bonchev–Trinajstić information content (AvgIpc) is 2.36. The number of hydrogen-bond acceptors (Lipinski definition) is 2.